The molecule has 0 spiro atoms. The van der Waals surface area contributed by atoms with Gasteiger partial charge in [0.1, 0.15) is 5.82 Å². The van der Waals surface area contributed by atoms with E-state index in [0.717, 1.165) is 0 Å². The molecule has 160 valence electrons. The van der Waals surface area contributed by atoms with Crippen molar-refractivity contribution >= 4 is 50.7 Å². The number of fused-ring (bicyclic) bond motifs is 1. The van der Waals surface area contributed by atoms with Gasteiger partial charge in [0.05, 0.1) is 23.6 Å². The van der Waals surface area contributed by atoms with E-state index < -0.39 is 15.8 Å². The molecule has 4 rings (SSSR count). The predicted octanol–water partition coefficient (Wildman–Crippen LogP) is 3.58. The fraction of sp³-hybridized carbons (Fsp3) is 0.100. The van der Waals surface area contributed by atoms with Crippen LogP contribution in [0.15, 0.2) is 53.6 Å². The second-order valence-electron chi connectivity index (χ2n) is 6.66. The number of rotatable bonds is 5. The van der Waals surface area contributed by atoms with E-state index >= 15 is 0 Å². The lowest BCUT2D eigenvalue weighted by atomic mass is 10.00. The molecule has 1 aliphatic heterocycles. The molecule has 0 fully saturated rings. The largest absolute Gasteiger partial charge is 0.324 e. The van der Waals surface area contributed by atoms with Crippen LogP contribution < -0.4 is 15.5 Å². The van der Waals surface area contributed by atoms with Crippen molar-refractivity contribution in [3.63, 3.8) is 0 Å². The Morgan fingerprint density at radius 3 is 2.74 bits per heavy atom. The molecular weight excluding hydrogens is 445 g/mol. The summed E-state index contributed by atoms with van der Waals surface area (Å²) in [5, 5.41) is 9.90. The Kier molecular flexibility index (Phi) is 5.63. The molecular formula is C20H17ClFN5O3S. The minimum Gasteiger partial charge on any atom is -0.324 e. The van der Waals surface area contributed by atoms with Gasteiger partial charge in [-0.1, -0.05) is 23.7 Å². The highest BCUT2D eigenvalue weighted by molar-refractivity contribution is 7.89. The maximum Gasteiger partial charge on any atom is 0.238 e. The molecule has 2 heterocycles. The second-order valence-corrected chi connectivity index (χ2v) is 8.62. The highest BCUT2D eigenvalue weighted by atomic mass is 35.5. The van der Waals surface area contributed by atoms with Crippen molar-refractivity contribution in [2.45, 2.75) is 4.90 Å². The van der Waals surface area contributed by atoms with Gasteiger partial charge >= 0.3 is 0 Å². The van der Waals surface area contributed by atoms with E-state index in [1.165, 1.54) is 30.4 Å². The summed E-state index contributed by atoms with van der Waals surface area (Å²) in [5.41, 5.74) is 1.95. The van der Waals surface area contributed by atoms with E-state index in [4.69, 9.17) is 21.6 Å². The van der Waals surface area contributed by atoms with Crippen molar-refractivity contribution in [1.29, 1.82) is 0 Å². The number of aromatic nitrogens is 2. The average molecular weight is 462 g/mol. The number of hydroxylamine groups is 1. The van der Waals surface area contributed by atoms with Crippen LogP contribution in [0.2, 0.25) is 5.02 Å². The summed E-state index contributed by atoms with van der Waals surface area (Å²) in [5.74, 6) is 0.235. The third kappa shape index (κ3) is 4.37. The molecule has 31 heavy (non-hydrogen) atoms. The number of anilines is 3. The molecule has 2 aromatic carbocycles. The zero-order valence-corrected chi connectivity index (χ0v) is 17.8. The van der Waals surface area contributed by atoms with Crippen LogP contribution in [0.4, 0.5) is 21.8 Å². The normalized spacial score (nSPS) is 13.5. The Hall–Kier alpha value is -3.05. The summed E-state index contributed by atoms with van der Waals surface area (Å²) in [6.07, 6.45) is 3.30. The van der Waals surface area contributed by atoms with Gasteiger partial charge in [0.15, 0.2) is 5.82 Å². The fourth-order valence-corrected chi connectivity index (χ4v) is 4.04. The second kappa shape index (κ2) is 8.23. The topological polar surface area (TPSA) is 110 Å². The lowest BCUT2D eigenvalue weighted by molar-refractivity contribution is 0.173. The zero-order valence-electron chi connectivity index (χ0n) is 16.2. The fourth-order valence-electron chi connectivity index (χ4n) is 3.19. The monoisotopic (exact) mass is 461 g/mol. The smallest absolute Gasteiger partial charge is 0.238 e. The summed E-state index contributed by atoms with van der Waals surface area (Å²) >= 11 is 6.21. The summed E-state index contributed by atoms with van der Waals surface area (Å²) < 4.78 is 37.5. The van der Waals surface area contributed by atoms with Crippen LogP contribution in [0.5, 0.6) is 0 Å². The quantitative estimate of drug-likeness (QED) is 0.597. The molecule has 11 heteroatoms. The standard InChI is InChI=1S/C20H17ClFN5O3S/c1-30-27-11-13(18-16(21)6-3-7-17(18)22)8-12-10-24-20(26-19(12)27)25-14-4-2-5-15(9-14)31(23,28)29/h2-10H,11H2,1H3,(H2,23,28,29)(H,24,25,26). The van der Waals surface area contributed by atoms with Crippen LogP contribution in [0, 0.1) is 5.82 Å². The molecule has 0 atom stereocenters. The number of halogens is 2. The van der Waals surface area contributed by atoms with Gasteiger partial charge in [0.2, 0.25) is 16.0 Å². The first-order chi connectivity index (χ1) is 14.8. The number of sulfonamides is 1. The van der Waals surface area contributed by atoms with Crippen molar-refractivity contribution < 1.29 is 17.6 Å². The molecule has 0 radical (unpaired) electrons. The van der Waals surface area contributed by atoms with Gasteiger partial charge in [-0.25, -0.2) is 28.0 Å². The number of hydrogen-bond acceptors (Lipinski definition) is 7. The van der Waals surface area contributed by atoms with E-state index in [1.54, 1.807) is 36.5 Å². The molecule has 8 nitrogen and oxygen atoms in total. The van der Waals surface area contributed by atoms with Gasteiger partial charge in [0, 0.05) is 23.0 Å². The van der Waals surface area contributed by atoms with Crippen molar-refractivity contribution in [2.75, 3.05) is 24.0 Å². The van der Waals surface area contributed by atoms with Crippen molar-refractivity contribution in [2.24, 2.45) is 5.14 Å². The molecule has 1 aliphatic rings. The molecule has 0 unspecified atom stereocenters. The first-order valence-corrected chi connectivity index (χ1v) is 10.9. The highest BCUT2D eigenvalue weighted by Crippen LogP contribution is 2.35. The van der Waals surface area contributed by atoms with E-state index in [-0.39, 0.29) is 17.4 Å². The van der Waals surface area contributed by atoms with Crippen molar-refractivity contribution in [1.82, 2.24) is 9.97 Å². The Balaban J connectivity index is 1.70. The number of benzene rings is 2. The molecule has 0 saturated heterocycles. The maximum atomic E-state index is 14.4. The Morgan fingerprint density at radius 1 is 1.26 bits per heavy atom. The van der Waals surface area contributed by atoms with Gasteiger partial charge < -0.3 is 5.32 Å². The highest BCUT2D eigenvalue weighted by Gasteiger charge is 2.24. The molecule has 3 aromatic rings. The summed E-state index contributed by atoms with van der Waals surface area (Å²) in [6.45, 7) is 0.210. The Bertz CT molecular complexity index is 1280. The third-order valence-corrected chi connectivity index (χ3v) is 5.82. The van der Waals surface area contributed by atoms with E-state index in [2.05, 4.69) is 15.3 Å². The lowest BCUT2D eigenvalue weighted by Crippen LogP contribution is -2.28. The number of nitrogens with two attached hydrogens (primary N) is 1. The number of primary sulfonamides is 1. The first kappa shape index (κ1) is 21.2. The summed E-state index contributed by atoms with van der Waals surface area (Å²) in [4.78, 5) is 14.1. The van der Waals surface area contributed by atoms with Crippen molar-refractivity contribution in [3.8, 4) is 0 Å². The molecule has 0 bridgehead atoms. The van der Waals surface area contributed by atoms with Gasteiger partial charge in [0.25, 0.3) is 0 Å². The first-order valence-electron chi connectivity index (χ1n) is 9.00. The van der Waals surface area contributed by atoms with Crippen LogP contribution >= 0.6 is 11.6 Å². The average Bonchev–Trinajstić information content (AvgIpc) is 2.73. The van der Waals surface area contributed by atoms with Crippen LogP contribution in [0.1, 0.15) is 11.1 Å². The third-order valence-electron chi connectivity index (χ3n) is 4.60. The summed E-state index contributed by atoms with van der Waals surface area (Å²) in [6, 6.07) is 10.5. The van der Waals surface area contributed by atoms with Gasteiger partial charge in [-0.15, -0.1) is 0 Å². The van der Waals surface area contributed by atoms with E-state index in [9.17, 15) is 12.8 Å². The molecule has 0 amide bonds. The number of hydrogen-bond donors (Lipinski definition) is 2. The summed E-state index contributed by atoms with van der Waals surface area (Å²) in [7, 11) is -2.37. The zero-order chi connectivity index (χ0) is 22.2. The molecule has 3 N–H and O–H groups in total. The van der Waals surface area contributed by atoms with Crippen LogP contribution in [0.25, 0.3) is 11.6 Å². The van der Waals surface area contributed by atoms with Gasteiger partial charge in [-0.05, 0) is 42.0 Å². The SMILES string of the molecule is CON1CC(c2c(F)cccc2Cl)=Cc2cnc(Nc3cccc(S(N)(=O)=O)c3)nc21. The predicted molar refractivity (Wildman–Crippen MR) is 117 cm³/mol. The van der Waals surface area contributed by atoms with Crippen LogP contribution in [-0.2, 0) is 14.9 Å². The lowest BCUT2D eigenvalue weighted by Gasteiger charge is -2.28. The van der Waals surface area contributed by atoms with Crippen LogP contribution in [-0.4, -0.2) is 32.0 Å². The Labute approximate surface area is 183 Å². The molecule has 0 saturated carbocycles. The Morgan fingerprint density at radius 2 is 2.03 bits per heavy atom. The van der Waals surface area contributed by atoms with Gasteiger partial charge in [-0.2, -0.15) is 4.98 Å². The molecule has 0 aliphatic carbocycles. The van der Waals surface area contributed by atoms with Gasteiger partial charge in [-0.3, -0.25) is 4.84 Å². The number of nitrogens with zero attached hydrogens (tertiary/aromatic N) is 3. The minimum atomic E-state index is -3.84. The maximum absolute atomic E-state index is 14.4. The van der Waals surface area contributed by atoms with E-state index in [1.807, 2.05) is 0 Å². The van der Waals surface area contributed by atoms with Crippen molar-refractivity contribution in [3.05, 3.63) is 70.6 Å². The minimum absolute atomic E-state index is 0.0386. The number of nitrogens with one attached hydrogen (secondary N) is 1. The van der Waals surface area contributed by atoms with Crippen LogP contribution in [0.3, 0.4) is 0 Å². The molecule has 1 aromatic heterocycles. The van der Waals surface area contributed by atoms with E-state index in [0.29, 0.717) is 33.2 Å².